The van der Waals surface area contributed by atoms with Gasteiger partial charge in [-0.25, -0.2) is 8.42 Å². The van der Waals surface area contributed by atoms with Crippen molar-refractivity contribution < 1.29 is 13.2 Å². The molecule has 1 fully saturated rings. The van der Waals surface area contributed by atoms with E-state index < -0.39 is 10.0 Å². The Hall–Kier alpha value is -1.66. The fraction of sp³-hybridized carbons (Fsp3) is 0.333. The number of anilines is 1. The third-order valence-corrected chi connectivity index (χ3v) is 6.04. The van der Waals surface area contributed by atoms with Crippen LogP contribution in [0.5, 0.6) is 5.75 Å². The van der Waals surface area contributed by atoms with E-state index >= 15 is 0 Å². The van der Waals surface area contributed by atoms with Crippen molar-refractivity contribution in [2.24, 2.45) is 0 Å². The van der Waals surface area contributed by atoms with Gasteiger partial charge in [0.05, 0.1) is 17.5 Å². The highest BCUT2D eigenvalue weighted by Crippen LogP contribution is 2.33. The molecule has 0 aromatic heterocycles. The lowest BCUT2D eigenvalue weighted by atomic mass is 10.0. The van der Waals surface area contributed by atoms with Gasteiger partial charge < -0.3 is 4.74 Å². The molecule has 0 amide bonds. The molecule has 1 aliphatic rings. The minimum atomic E-state index is -3.34. The molecule has 0 radical (unpaired) electrons. The molecule has 0 bridgehead atoms. The monoisotopic (exact) mass is 363 g/mol. The minimum Gasteiger partial charge on any atom is -0.491 e. The van der Waals surface area contributed by atoms with Crippen LogP contribution in [-0.4, -0.2) is 31.3 Å². The van der Waals surface area contributed by atoms with Crippen LogP contribution in [0, 0.1) is 0 Å². The largest absolute Gasteiger partial charge is 0.491 e. The molecule has 4 nitrogen and oxygen atoms in total. The van der Waals surface area contributed by atoms with E-state index in [1.807, 2.05) is 56.3 Å². The van der Waals surface area contributed by atoms with Crippen molar-refractivity contribution in [1.29, 1.82) is 0 Å². The Balaban J connectivity index is 1.92. The standard InChI is InChI=1S/C18H21NO3S2/c1-13(2)22-17-9-15(14-6-4-3-5-7-14)8-16(10-17)19-24(20,21)12-18-11-23-18/h3-10,13,18-19H,11-12H2,1-2H3. The van der Waals surface area contributed by atoms with Gasteiger partial charge >= 0.3 is 0 Å². The van der Waals surface area contributed by atoms with E-state index in [0.717, 1.165) is 16.9 Å². The van der Waals surface area contributed by atoms with Gasteiger partial charge in [-0.15, -0.1) is 0 Å². The normalized spacial score (nSPS) is 16.9. The van der Waals surface area contributed by atoms with Gasteiger partial charge in [0.25, 0.3) is 0 Å². The summed E-state index contributed by atoms with van der Waals surface area (Å²) < 4.78 is 33.0. The van der Waals surface area contributed by atoms with E-state index in [0.29, 0.717) is 11.4 Å². The van der Waals surface area contributed by atoms with Crippen molar-refractivity contribution in [3.63, 3.8) is 0 Å². The highest BCUT2D eigenvalue weighted by atomic mass is 32.2. The highest BCUT2D eigenvalue weighted by Gasteiger charge is 2.29. The quantitative estimate of drug-likeness (QED) is 0.756. The van der Waals surface area contributed by atoms with Crippen molar-refractivity contribution in [3.05, 3.63) is 48.5 Å². The zero-order chi connectivity index (χ0) is 17.2. The maximum absolute atomic E-state index is 12.3. The topological polar surface area (TPSA) is 55.4 Å². The molecule has 0 saturated carbocycles. The number of sulfonamides is 1. The van der Waals surface area contributed by atoms with E-state index in [-0.39, 0.29) is 17.1 Å². The van der Waals surface area contributed by atoms with Crippen LogP contribution in [0.4, 0.5) is 5.69 Å². The van der Waals surface area contributed by atoms with Crippen molar-refractivity contribution in [1.82, 2.24) is 0 Å². The molecule has 1 heterocycles. The Morgan fingerprint density at radius 2 is 1.88 bits per heavy atom. The lowest BCUT2D eigenvalue weighted by molar-refractivity contribution is 0.242. The molecule has 24 heavy (non-hydrogen) atoms. The average Bonchev–Trinajstić information content (AvgIpc) is 3.29. The zero-order valence-electron chi connectivity index (χ0n) is 13.7. The van der Waals surface area contributed by atoms with Gasteiger partial charge in [-0.1, -0.05) is 30.3 Å². The lowest BCUT2D eigenvalue weighted by Gasteiger charge is -2.15. The molecule has 1 atom stereocenters. The molecule has 1 saturated heterocycles. The van der Waals surface area contributed by atoms with Gasteiger partial charge in [-0.05, 0) is 37.1 Å². The van der Waals surface area contributed by atoms with Gasteiger partial charge in [-0.2, -0.15) is 11.8 Å². The molecule has 1 unspecified atom stereocenters. The predicted octanol–water partition coefficient (Wildman–Crippen LogP) is 4.00. The first-order valence-electron chi connectivity index (χ1n) is 7.90. The SMILES string of the molecule is CC(C)Oc1cc(NS(=O)(=O)CC2CS2)cc(-c2ccccc2)c1. The van der Waals surface area contributed by atoms with Gasteiger partial charge in [0.15, 0.2) is 0 Å². The number of ether oxygens (including phenoxy) is 1. The van der Waals surface area contributed by atoms with Crippen LogP contribution in [0.2, 0.25) is 0 Å². The average molecular weight is 364 g/mol. The molecule has 2 aromatic carbocycles. The molecule has 3 rings (SSSR count). The molecule has 0 spiro atoms. The van der Waals surface area contributed by atoms with Crippen molar-refractivity contribution in [2.75, 3.05) is 16.2 Å². The second-order valence-corrected chi connectivity index (χ2v) is 9.22. The van der Waals surface area contributed by atoms with Crippen LogP contribution >= 0.6 is 11.8 Å². The number of rotatable bonds is 7. The van der Waals surface area contributed by atoms with Gasteiger partial charge in [0.1, 0.15) is 5.75 Å². The molecule has 128 valence electrons. The van der Waals surface area contributed by atoms with Crippen LogP contribution in [0.3, 0.4) is 0 Å². The van der Waals surface area contributed by atoms with Crippen LogP contribution < -0.4 is 9.46 Å². The van der Waals surface area contributed by atoms with Crippen LogP contribution in [0.25, 0.3) is 11.1 Å². The number of nitrogens with one attached hydrogen (secondary N) is 1. The summed E-state index contributed by atoms with van der Waals surface area (Å²) in [5.41, 5.74) is 2.48. The van der Waals surface area contributed by atoms with E-state index in [9.17, 15) is 8.42 Å². The molecule has 1 N–H and O–H groups in total. The molecule has 6 heteroatoms. The molecular weight excluding hydrogens is 342 g/mol. The van der Waals surface area contributed by atoms with Crippen LogP contribution in [-0.2, 0) is 10.0 Å². The Bertz CT molecular complexity index is 800. The molecular formula is C18H21NO3S2. The highest BCUT2D eigenvalue weighted by molar-refractivity contribution is 8.08. The van der Waals surface area contributed by atoms with Crippen LogP contribution in [0.15, 0.2) is 48.5 Å². The maximum atomic E-state index is 12.3. The summed E-state index contributed by atoms with van der Waals surface area (Å²) in [5.74, 6) is 1.74. The maximum Gasteiger partial charge on any atom is 0.233 e. The van der Waals surface area contributed by atoms with Crippen molar-refractivity contribution in [3.8, 4) is 16.9 Å². The first kappa shape index (κ1) is 17.2. The summed E-state index contributed by atoms with van der Waals surface area (Å²) in [6.45, 7) is 3.90. The third-order valence-electron chi connectivity index (χ3n) is 3.47. The Labute approximate surface area is 147 Å². The minimum absolute atomic E-state index is 0.0170. The smallest absolute Gasteiger partial charge is 0.233 e. The fourth-order valence-electron chi connectivity index (χ4n) is 2.43. The second-order valence-electron chi connectivity index (χ2n) is 6.12. The Morgan fingerprint density at radius 1 is 1.17 bits per heavy atom. The number of thioether (sulfide) groups is 1. The predicted molar refractivity (Wildman–Crippen MR) is 101 cm³/mol. The summed E-state index contributed by atoms with van der Waals surface area (Å²) in [6, 6.07) is 15.4. The van der Waals surface area contributed by atoms with Gasteiger partial charge in [-0.3, -0.25) is 4.72 Å². The Kier molecular flexibility index (Phi) is 5.06. The number of hydrogen-bond donors (Lipinski definition) is 1. The fourth-order valence-corrected chi connectivity index (χ4v) is 4.92. The van der Waals surface area contributed by atoms with E-state index in [2.05, 4.69) is 4.72 Å². The third kappa shape index (κ3) is 4.92. The number of benzene rings is 2. The van der Waals surface area contributed by atoms with Crippen LogP contribution in [0.1, 0.15) is 13.8 Å². The summed E-state index contributed by atoms with van der Waals surface area (Å²) in [7, 11) is -3.34. The first-order valence-corrected chi connectivity index (χ1v) is 10.6. The lowest BCUT2D eigenvalue weighted by Crippen LogP contribution is -2.19. The first-order chi connectivity index (χ1) is 11.4. The molecule has 2 aromatic rings. The second kappa shape index (κ2) is 7.07. The summed E-state index contributed by atoms with van der Waals surface area (Å²) in [6.07, 6.45) is 0.0170. The Morgan fingerprint density at radius 3 is 2.50 bits per heavy atom. The summed E-state index contributed by atoms with van der Waals surface area (Å²) >= 11 is 1.67. The van der Waals surface area contributed by atoms with Gasteiger partial charge in [0, 0.05) is 17.1 Å². The molecule has 1 aliphatic heterocycles. The van der Waals surface area contributed by atoms with Crippen molar-refractivity contribution >= 4 is 27.5 Å². The van der Waals surface area contributed by atoms with E-state index in [1.54, 1.807) is 17.8 Å². The molecule has 0 aliphatic carbocycles. The van der Waals surface area contributed by atoms with Gasteiger partial charge in [0.2, 0.25) is 10.0 Å². The zero-order valence-corrected chi connectivity index (χ0v) is 15.4. The van der Waals surface area contributed by atoms with E-state index in [1.165, 1.54) is 0 Å². The summed E-state index contributed by atoms with van der Waals surface area (Å²) in [5, 5.41) is 0.228. The van der Waals surface area contributed by atoms with E-state index in [4.69, 9.17) is 4.74 Å². The van der Waals surface area contributed by atoms with Crippen molar-refractivity contribution in [2.45, 2.75) is 25.2 Å². The number of hydrogen-bond acceptors (Lipinski definition) is 4. The summed E-state index contributed by atoms with van der Waals surface area (Å²) in [4.78, 5) is 0.